The summed E-state index contributed by atoms with van der Waals surface area (Å²) in [5.74, 6) is -0.0357. The van der Waals surface area contributed by atoms with Crippen molar-refractivity contribution in [3.63, 3.8) is 0 Å². The van der Waals surface area contributed by atoms with Gasteiger partial charge in [0, 0.05) is 19.7 Å². The summed E-state index contributed by atoms with van der Waals surface area (Å²) in [4.78, 5) is 2.20. The summed E-state index contributed by atoms with van der Waals surface area (Å²) >= 11 is 5.13. The van der Waals surface area contributed by atoms with Crippen LogP contribution in [0.5, 0.6) is 0 Å². The summed E-state index contributed by atoms with van der Waals surface area (Å²) in [7, 11) is 0. The molecule has 1 heterocycles. The highest BCUT2D eigenvalue weighted by molar-refractivity contribution is 7.80. The predicted octanol–water partition coefficient (Wildman–Crippen LogP) is 5.69. The minimum atomic E-state index is -4.95. The Morgan fingerprint density at radius 3 is 2.19 bits per heavy atom. The van der Waals surface area contributed by atoms with Gasteiger partial charge in [-0.25, -0.2) is 0 Å². The van der Waals surface area contributed by atoms with Crippen LogP contribution in [0.4, 0.5) is 26.3 Å². The summed E-state index contributed by atoms with van der Waals surface area (Å²) in [5.41, 5.74) is 2.89. The van der Waals surface area contributed by atoms with Gasteiger partial charge in [-0.1, -0.05) is 42.5 Å². The molecule has 0 spiro atoms. The molecule has 1 aliphatic heterocycles. The number of aliphatic hydroxyl groups is 1. The molecule has 0 amide bonds. The van der Waals surface area contributed by atoms with Crippen molar-refractivity contribution in [3.05, 3.63) is 70.8 Å². The number of halogens is 6. The molecule has 36 heavy (non-hydrogen) atoms. The van der Waals surface area contributed by atoms with Gasteiger partial charge in [0.25, 0.3) is 0 Å². The van der Waals surface area contributed by atoms with Crippen molar-refractivity contribution in [2.45, 2.75) is 43.8 Å². The van der Waals surface area contributed by atoms with Crippen LogP contribution in [0.2, 0.25) is 0 Å². The standard InChI is InChI=1S/C25H28F6N2O2S/c1-16(18-9-20(24(26,27)28)11-21(10-18)25(29,30)31)35-15-23(19-5-3-2-4-6-19)8-7-17(14-34)12-33(23)13-22(32)36/h2-6,9-11,16-17,34H,7-8,12-15H2,1H3,(H2,32,36)/t16-,17+,23-/m1/s1. The number of thiocarbonyl (C=S) groups is 1. The molecular formula is C25H28F6N2O2S. The Labute approximate surface area is 211 Å². The average Bonchev–Trinajstić information content (AvgIpc) is 2.82. The number of hydrogen-bond donors (Lipinski definition) is 2. The van der Waals surface area contributed by atoms with E-state index in [1.165, 1.54) is 6.92 Å². The number of ether oxygens (including phenoxy) is 1. The first-order chi connectivity index (χ1) is 16.8. The minimum absolute atomic E-state index is 0.0312. The van der Waals surface area contributed by atoms with E-state index in [-0.39, 0.29) is 42.3 Å². The van der Waals surface area contributed by atoms with Crippen molar-refractivity contribution in [1.82, 2.24) is 4.90 Å². The number of nitrogens with zero attached hydrogens (tertiary/aromatic N) is 1. The number of alkyl halides is 6. The van der Waals surface area contributed by atoms with Gasteiger partial charge in [-0.15, -0.1) is 0 Å². The van der Waals surface area contributed by atoms with Crippen LogP contribution in [0.3, 0.4) is 0 Å². The Morgan fingerprint density at radius 2 is 1.69 bits per heavy atom. The molecule has 2 aromatic rings. The van der Waals surface area contributed by atoms with Crippen molar-refractivity contribution in [3.8, 4) is 0 Å². The van der Waals surface area contributed by atoms with E-state index in [1.807, 2.05) is 35.2 Å². The third kappa shape index (κ3) is 6.56. The molecule has 1 fully saturated rings. The van der Waals surface area contributed by atoms with E-state index < -0.39 is 35.1 Å². The normalized spacial score (nSPS) is 22.4. The van der Waals surface area contributed by atoms with Crippen LogP contribution < -0.4 is 5.73 Å². The Hall–Kier alpha value is -2.21. The lowest BCUT2D eigenvalue weighted by atomic mass is 9.77. The lowest BCUT2D eigenvalue weighted by molar-refractivity contribution is -0.143. The highest BCUT2D eigenvalue weighted by Gasteiger charge is 2.44. The zero-order chi connectivity index (χ0) is 26.7. The van der Waals surface area contributed by atoms with E-state index in [1.54, 1.807) is 0 Å². The van der Waals surface area contributed by atoms with Gasteiger partial charge in [0.15, 0.2) is 0 Å². The third-order valence-electron chi connectivity index (χ3n) is 6.62. The number of piperidine rings is 1. The maximum atomic E-state index is 13.3. The van der Waals surface area contributed by atoms with Crippen LogP contribution in [-0.4, -0.2) is 41.3 Å². The molecule has 0 saturated carbocycles. The fraction of sp³-hybridized carbons (Fsp3) is 0.480. The van der Waals surface area contributed by atoms with Crippen molar-refractivity contribution >= 4 is 17.2 Å². The molecular weight excluding hydrogens is 506 g/mol. The van der Waals surface area contributed by atoms with Gasteiger partial charge >= 0.3 is 12.4 Å². The first kappa shape index (κ1) is 28.4. The second kappa shape index (κ2) is 11.0. The monoisotopic (exact) mass is 534 g/mol. The van der Waals surface area contributed by atoms with E-state index in [0.29, 0.717) is 31.5 Å². The quantitative estimate of drug-likeness (QED) is 0.337. The third-order valence-corrected chi connectivity index (χ3v) is 6.75. The number of rotatable bonds is 8. The highest BCUT2D eigenvalue weighted by Crippen LogP contribution is 2.42. The van der Waals surface area contributed by atoms with Crippen molar-refractivity contribution in [1.29, 1.82) is 0 Å². The fourth-order valence-electron chi connectivity index (χ4n) is 4.63. The zero-order valence-corrected chi connectivity index (χ0v) is 20.4. The molecule has 0 bridgehead atoms. The summed E-state index contributed by atoms with van der Waals surface area (Å²) < 4.78 is 86.1. The van der Waals surface area contributed by atoms with Crippen LogP contribution in [-0.2, 0) is 22.6 Å². The largest absolute Gasteiger partial charge is 0.416 e. The number of likely N-dealkylation sites (tertiary alicyclic amines) is 1. The predicted molar refractivity (Wildman–Crippen MR) is 127 cm³/mol. The number of hydrogen-bond acceptors (Lipinski definition) is 4. The minimum Gasteiger partial charge on any atom is -0.396 e. The van der Waals surface area contributed by atoms with E-state index in [2.05, 4.69) is 0 Å². The van der Waals surface area contributed by atoms with Crippen LogP contribution >= 0.6 is 12.2 Å². The molecule has 0 aromatic heterocycles. The first-order valence-electron chi connectivity index (χ1n) is 11.4. The molecule has 0 unspecified atom stereocenters. The highest BCUT2D eigenvalue weighted by atomic mass is 32.1. The van der Waals surface area contributed by atoms with Gasteiger partial charge in [0.2, 0.25) is 0 Å². The Kier molecular flexibility index (Phi) is 8.70. The second-order valence-corrected chi connectivity index (χ2v) is 9.65. The van der Waals surface area contributed by atoms with Crippen LogP contribution in [0.15, 0.2) is 48.5 Å². The summed E-state index contributed by atoms with van der Waals surface area (Å²) in [6, 6.07) is 10.7. The van der Waals surface area contributed by atoms with Crippen molar-refractivity contribution < 1.29 is 36.2 Å². The van der Waals surface area contributed by atoms with E-state index in [4.69, 9.17) is 22.7 Å². The lowest BCUT2D eigenvalue weighted by Crippen LogP contribution is -2.57. The van der Waals surface area contributed by atoms with E-state index in [9.17, 15) is 31.4 Å². The molecule has 198 valence electrons. The molecule has 4 nitrogen and oxygen atoms in total. The average molecular weight is 535 g/mol. The number of benzene rings is 2. The Balaban J connectivity index is 1.97. The number of nitrogens with two attached hydrogens (primary N) is 1. The first-order valence-corrected chi connectivity index (χ1v) is 11.8. The smallest absolute Gasteiger partial charge is 0.396 e. The van der Waals surface area contributed by atoms with Crippen LogP contribution in [0.25, 0.3) is 0 Å². The SMILES string of the molecule is C[C@@H](OC[C@@]1(c2ccccc2)CC[C@H](CO)CN1CC(N)=S)c1cc(C(F)(F)F)cc(C(F)(F)F)c1. The van der Waals surface area contributed by atoms with Gasteiger partial charge in [-0.3, -0.25) is 4.90 Å². The molecule has 3 atom stereocenters. The summed E-state index contributed by atoms with van der Waals surface area (Å²) in [5, 5.41) is 9.73. The summed E-state index contributed by atoms with van der Waals surface area (Å²) in [6.07, 6.45) is -9.81. The maximum absolute atomic E-state index is 13.3. The molecule has 11 heteroatoms. The fourth-order valence-corrected chi connectivity index (χ4v) is 4.78. The Morgan fingerprint density at radius 1 is 1.11 bits per heavy atom. The Bertz CT molecular complexity index is 1010. The lowest BCUT2D eigenvalue weighted by Gasteiger charge is -2.50. The van der Waals surface area contributed by atoms with Gasteiger partial charge in [-0.2, -0.15) is 26.3 Å². The molecule has 3 rings (SSSR count). The zero-order valence-electron chi connectivity index (χ0n) is 19.6. The van der Waals surface area contributed by atoms with Gasteiger partial charge in [0.1, 0.15) is 0 Å². The molecule has 3 N–H and O–H groups in total. The van der Waals surface area contributed by atoms with Gasteiger partial charge in [0.05, 0.1) is 34.4 Å². The van der Waals surface area contributed by atoms with E-state index >= 15 is 0 Å². The maximum Gasteiger partial charge on any atom is 0.416 e. The summed E-state index contributed by atoms with van der Waals surface area (Å²) in [6.45, 7) is 2.01. The van der Waals surface area contributed by atoms with E-state index in [0.717, 1.165) is 5.56 Å². The van der Waals surface area contributed by atoms with Gasteiger partial charge in [-0.05, 0) is 55.0 Å². The second-order valence-electron chi connectivity index (χ2n) is 9.12. The van der Waals surface area contributed by atoms with Crippen LogP contribution in [0.1, 0.15) is 48.1 Å². The molecule has 1 aliphatic rings. The van der Waals surface area contributed by atoms with Crippen LogP contribution in [0, 0.1) is 5.92 Å². The molecule has 0 aliphatic carbocycles. The van der Waals surface area contributed by atoms with Crippen molar-refractivity contribution in [2.75, 3.05) is 26.3 Å². The van der Waals surface area contributed by atoms with Crippen molar-refractivity contribution in [2.24, 2.45) is 11.7 Å². The molecule has 1 saturated heterocycles. The van der Waals surface area contributed by atoms with Gasteiger partial charge < -0.3 is 15.6 Å². The molecule has 2 aromatic carbocycles. The topological polar surface area (TPSA) is 58.7 Å². The number of aliphatic hydroxyl groups excluding tert-OH is 1. The molecule has 0 radical (unpaired) electrons.